The Labute approximate surface area is 254 Å². The summed E-state index contributed by atoms with van der Waals surface area (Å²) in [5, 5.41) is 0. The van der Waals surface area contributed by atoms with Crippen molar-refractivity contribution in [1.82, 2.24) is 10.9 Å². The van der Waals surface area contributed by atoms with E-state index in [1.54, 1.807) is 141 Å². The minimum atomic E-state index is 0.458. The van der Waals surface area contributed by atoms with Gasteiger partial charge in [0, 0.05) is 12.1 Å². The zero-order valence-corrected chi connectivity index (χ0v) is 27.1. The Hall–Kier alpha value is -0.0800. The van der Waals surface area contributed by atoms with E-state index in [1.165, 1.54) is 64.3 Å². The summed E-state index contributed by atoms with van der Waals surface area (Å²) in [7, 11) is 0. The van der Waals surface area contributed by atoms with Crippen molar-refractivity contribution >= 4 is 0 Å². The maximum absolute atomic E-state index is 3.78. The van der Waals surface area contributed by atoms with Gasteiger partial charge in [-0.25, -0.2) is 0 Å². The first-order valence-electron chi connectivity index (χ1n) is 19.4. The third-order valence-corrected chi connectivity index (χ3v) is 16.2. The van der Waals surface area contributed by atoms with Crippen LogP contribution in [0, 0.1) is 32.5 Å². The molecule has 2 nitrogen and oxygen atoms in total. The van der Waals surface area contributed by atoms with Crippen LogP contribution in [-0.2, 0) is 0 Å². The Morgan fingerprint density at radius 3 is 1.05 bits per heavy atom. The summed E-state index contributed by atoms with van der Waals surface area (Å²) >= 11 is 0. The molecule has 7 saturated carbocycles. The van der Waals surface area contributed by atoms with Gasteiger partial charge in [-0.2, -0.15) is 0 Å². The molecule has 2 heteroatoms. The molecule has 0 bridgehead atoms. The highest BCUT2D eigenvalue weighted by molar-refractivity contribution is 5.12. The van der Waals surface area contributed by atoms with Crippen molar-refractivity contribution in [2.45, 2.75) is 205 Å². The minimum Gasteiger partial charge on any atom is -0.257 e. The fourth-order valence-electron chi connectivity index (χ4n) is 14.5. The molecule has 0 radical (unpaired) electrons. The molecule has 8 aliphatic rings. The van der Waals surface area contributed by atoms with Gasteiger partial charge < -0.3 is 0 Å². The van der Waals surface area contributed by atoms with Crippen LogP contribution in [0.2, 0.25) is 0 Å². The molecule has 2 N–H and O–H groups in total. The summed E-state index contributed by atoms with van der Waals surface area (Å²) in [5.41, 5.74) is 12.2. The number of rotatable bonds is 0. The third kappa shape index (κ3) is 5.32. The molecule has 7 aliphatic carbocycles. The summed E-state index contributed by atoms with van der Waals surface area (Å²) in [6.45, 7) is 1.17. The van der Waals surface area contributed by atoms with E-state index in [2.05, 4.69) is 10.9 Å². The van der Waals surface area contributed by atoms with E-state index in [9.17, 15) is 0 Å². The third-order valence-electron chi connectivity index (χ3n) is 16.2. The molecule has 8 rings (SSSR count). The zero-order chi connectivity index (χ0) is 27.5. The van der Waals surface area contributed by atoms with Crippen molar-refractivity contribution in [3.8, 4) is 0 Å². The zero-order valence-electron chi connectivity index (χ0n) is 27.1. The Kier molecular flexibility index (Phi) is 7.27. The quantitative estimate of drug-likeness (QED) is 0.307. The van der Waals surface area contributed by atoms with Gasteiger partial charge in [0.25, 0.3) is 0 Å². The Balaban J connectivity index is 0.927. The summed E-state index contributed by atoms with van der Waals surface area (Å²) in [6, 6.07) is 0. The maximum Gasteiger partial charge on any atom is 0.0334 e. The molecule has 232 valence electrons. The second-order valence-corrected chi connectivity index (χ2v) is 19.2. The molecule has 0 amide bonds. The molecule has 1 saturated heterocycles. The highest BCUT2D eigenvalue weighted by atomic mass is 15.4. The number of hydrogen-bond acceptors (Lipinski definition) is 2. The summed E-state index contributed by atoms with van der Waals surface area (Å²) in [6.07, 6.45) is 48.3. The van der Waals surface area contributed by atoms with Crippen LogP contribution in [-0.4, -0.2) is 12.1 Å². The van der Waals surface area contributed by atoms with E-state index in [0.29, 0.717) is 16.4 Å². The molecule has 1 heterocycles. The molecule has 1 aliphatic heterocycles. The lowest BCUT2D eigenvalue weighted by molar-refractivity contribution is -0.0832. The van der Waals surface area contributed by atoms with Gasteiger partial charge >= 0.3 is 0 Å². The molecule has 7 spiro atoms. The standard InChI is InChI=1S/C39H66N2/c1-4-11-33(18-22-36(15-8-1)29-35(30-36)13-6-3-7-14-35)20-24-38(27-33)25-21-34(28-38)12-5-2-9-16-37(23-19-34)31-39(32-37)17-10-26-40-41-39/h40-41H,1-32H2. The Morgan fingerprint density at radius 1 is 0.268 bits per heavy atom. The fraction of sp³-hybridized carbons (Fsp3) is 1.00. The van der Waals surface area contributed by atoms with Crippen molar-refractivity contribution in [2.75, 3.05) is 6.54 Å². The molecule has 41 heavy (non-hydrogen) atoms. The fourth-order valence-corrected chi connectivity index (χ4v) is 14.5. The first-order valence-corrected chi connectivity index (χ1v) is 19.4. The van der Waals surface area contributed by atoms with Gasteiger partial charge in [0.1, 0.15) is 0 Å². The SMILES string of the molecule is C1CCC2(CC1)CC1(CCCCCC3(CCC4(CCC5(CCCCCC6(CC5)CC5(CCCNN5)C6)C4)C3)CC1)C2. The average molecular weight is 563 g/mol. The Bertz CT molecular complexity index is 847. The Morgan fingerprint density at radius 2 is 0.610 bits per heavy atom. The van der Waals surface area contributed by atoms with E-state index in [-0.39, 0.29) is 0 Å². The van der Waals surface area contributed by atoms with E-state index < -0.39 is 0 Å². The predicted octanol–water partition coefficient (Wildman–Crippen LogP) is 10.9. The molecule has 3 unspecified atom stereocenters. The summed E-state index contributed by atoms with van der Waals surface area (Å²) in [4.78, 5) is 0. The van der Waals surface area contributed by atoms with Gasteiger partial charge in [0.15, 0.2) is 0 Å². The molecule has 8 fully saturated rings. The molecule has 3 atom stereocenters. The lowest BCUT2D eigenvalue weighted by Crippen LogP contribution is -2.66. The van der Waals surface area contributed by atoms with Gasteiger partial charge in [-0.3, -0.25) is 10.9 Å². The van der Waals surface area contributed by atoms with E-state index in [0.717, 1.165) is 21.7 Å². The number of nitrogens with one attached hydrogen (secondary N) is 2. The normalized spacial score (nSPS) is 43.3. The van der Waals surface area contributed by atoms with Crippen molar-refractivity contribution < 1.29 is 0 Å². The first-order chi connectivity index (χ1) is 19.9. The van der Waals surface area contributed by atoms with Gasteiger partial charge in [0.2, 0.25) is 0 Å². The second-order valence-electron chi connectivity index (χ2n) is 19.2. The molecule has 0 aromatic carbocycles. The number of hydrogen-bond donors (Lipinski definition) is 2. The largest absolute Gasteiger partial charge is 0.257 e. The van der Waals surface area contributed by atoms with Crippen LogP contribution >= 0.6 is 0 Å². The highest BCUT2D eigenvalue weighted by Gasteiger charge is 2.59. The van der Waals surface area contributed by atoms with Crippen molar-refractivity contribution in [3.63, 3.8) is 0 Å². The number of hydrazine groups is 1. The van der Waals surface area contributed by atoms with Gasteiger partial charge in [-0.05, 0) is 174 Å². The maximum atomic E-state index is 3.78. The van der Waals surface area contributed by atoms with Crippen LogP contribution in [0.15, 0.2) is 0 Å². The molecular formula is C39H66N2. The lowest BCUT2D eigenvalue weighted by Gasteiger charge is -2.59. The van der Waals surface area contributed by atoms with E-state index in [1.807, 2.05) is 0 Å². The van der Waals surface area contributed by atoms with Crippen molar-refractivity contribution in [3.05, 3.63) is 0 Å². The van der Waals surface area contributed by atoms with Crippen LogP contribution in [0.5, 0.6) is 0 Å². The second kappa shape index (κ2) is 10.5. The first kappa shape index (κ1) is 28.4. The molecule has 0 aromatic heterocycles. The van der Waals surface area contributed by atoms with Crippen LogP contribution in [0.1, 0.15) is 199 Å². The van der Waals surface area contributed by atoms with Gasteiger partial charge in [-0.1, -0.05) is 57.8 Å². The van der Waals surface area contributed by atoms with Gasteiger partial charge in [0.05, 0.1) is 0 Å². The highest BCUT2D eigenvalue weighted by Crippen LogP contribution is 2.70. The average Bonchev–Trinajstić information content (AvgIpc) is 3.53. The predicted molar refractivity (Wildman–Crippen MR) is 172 cm³/mol. The summed E-state index contributed by atoms with van der Waals surface area (Å²) in [5.74, 6) is 0. The smallest absolute Gasteiger partial charge is 0.0334 e. The summed E-state index contributed by atoms with van der Waals surface area (Å²) < 4.78 is 0. The van der Waals surface area contributed by atoms with Crippen LogP contribution in [0.25, 0.3) is 0 Å². The topological polar surface area (TPSA) is 24.1 Å². The van der Waals surface area contributed by atoms with E-state index in [4.69, 9.17) is 0 Å². The van der Waals surface area contributed by atoms with Crippen LogP contribution in [0.4, 0.5) is 0 Å². The van der Waals surface area contributed by atoms with Crippen LogP contribution < -0.4 is 10.9 Å². The van der Waals surface area contributed by atoms with Crippen molar-refractivity contribution in [1.29, 1.82) is 0 Å². The molecular weight excluding hydrogens is 496 g/mol. The van der Waals surface area contributed by atoms with E-state index >= 15 is 0 Å². The van der Waals surface area contributed by atoms with Crippen LogP contribution in [0.3, 0.4) is 0 Å². The van der Waals surface area contributed by atoms with Crippen molar-refractivity contribution in [2.24, 2.45) is 32.5 Å². The lowest BCUT2D eigenvalue weighted by atomic mass is 9.46. The monoisotopic (exact) mass is 563 g/mol. The van der Waals surface area contributed by atoms with Gasteiger partial charge in [-0.15, -0.1) is 0 Å². The minimum absolute atomic E-state index is 0.458. The molecule has 0 aromatic rings.